The van der Waals surface area contributed by atoms with E-state index in [9.17, 15) is 19.8 Å². The molecular formula is C10H22O6Zn. The summed E-state index contributed by atoms with van der Waals surface area (Å²) in [6.07, 6.45) is 3.74. The van der Waals surface area contributed by atoms with Gasteiger partial charge in [0.05, 0.1) is 0 Å². The number of aliphatic carboxylic acids is 2. The van der Waals surface area contributed by atoms with Crippen molar-refractivity contribution >= 4 is 11.9 Å². The SMILES string of the molecule is CCCCC(=O)[O-].CCCCC(=O)[O-].O.O.[Zn+2]. The van der Waals surface area contributed by atoms with Gasteiger partial charge < -0.3 is 30.8 Å². The number of carboxylic acids is 2. The molecule has 0 rings (SSSR count). The van der Waals surface area contributed by atoms with Crippen LogP contribution in [0.25, 0.3) is 0 Å². The Morgan fingerprint density at radius 2 is 1.06 bits per heavy atom. The van der Waals surface area contributed by atoms with Gasteiger partial charge in [-0.05, 0) is 25.7 Å². The molecule has 7 heteroatoms. The van der Waals surface area contributed by atoms with E-state index < -0.39 is 11.9 Å². The second-order valence-corrected chi connectivity index (χ2v) is 2.95. The summed E-state index contributed by atoms with van der Waals surface area (Å²) in [6, 6.07) is 0. The van der Waals surface area contributed by atoms with Gasteiger partial charge in [0.1, 0.15) is 0 Å². The average molecular weight is 304 g/mol. The second kappa shape index (κ2) is 24.6. The van der Waals surface area contributed by atoms with Crippen molar-refractivity contribution in [3.63, 3.8) is 0 Å². The van der Waals surface area contributed by atoms with Crippen molar-refractivity contribution in [2.24, 2.45) is 0 Å². The molecule has 0 radical (unpaired) electrons. The van der Waals surface area contributed by atoms with Crippen LogP contribution in [0.1, 0.15) is 52.4 Å². The number of hydrogen-bond donors (Lipinski definition) is 0. The first-order chi connectivity index (χ1) is 6.54. The van der Waals surface area contributed by atoms with Gasteiger partial charge in [-0.3, -0.25) is 0 Å². The molecule has 0 aliphatic heterocycles. The zero-order valence-electron chi connectivity index (χ0n) is 10.6. The maximum absolute atomic E-state index is 9.65. The molecule has 0 aromatic carbocycles. The molecule has 4 N–H and O–H groups in total. The molecule has 0 spiro atoms. The standard InChI is InChI=1S/2C5H10O2.2H2O.Zn/c2*1-2-3-4-5(6)7;;;/h2*2-4H2,1H3,(H,6,7);2*1H2;/q;;;;+2/p-2. The summed E-state index contributed by atoms with van der Waals surface area (Å²) in [7, 11) is 0. The van der Waals surface area contributed by atoms with Crippen molar-refractivity contribution < 1.29 is 50.2 Å². The van der Waals surface area contributed by atoms with E-state index in [0.29, 0.717) is 0 Å². The largest absolute Gasteiger partial charge is 2.00 e. The molecule has 0 aliphatic rings. The third kappa shape index (κ3) is 50.3. The van der Waals surface area contributed by atoms with Crippen molar-refractivity contribution in [2.75, 3.05) is 0 Å². The van der Waals surface area contributed by atoms with E-state index >= 15 is 0 Å². The Hall–Kier alpha value is -0.517. The van der Waals surface area contributed by atoms with Crippen LogP contribution in [0.5, 0.6) is 0 Å². The van der Waals surface area contributed by atoms with E-state index in [4.69, 9.17) is 0 Å². The molecule has 0 bridgehead atoms. The number of carbonyl (C=O) groups is 2. The summed E-state index contributed by atoms with van der Waals surface area (Å²) in [5, 5.41) is 19.3. The molecule has 0 atom stereocenters. The van der Waals surface area contributed by atoms with Gasteiger partial charge in [0, 0.05) is 11.9 Å². The van der Waals surface area contributed by atoms with Crippen molar-refractivity contribution in [1.29, 1.82) is 0 Å². The van der Waals surface area contributed by atoms with Crippen LogP contribution in [0.15, 0.2) is 0 Å². The van der Waals surface area contributed by atoms with E-state index in [1.54, 1.807) is 0 Å². The van der Waals surface area contributed by atoms with Crippen molar-refractivity contribution in [1.82, 2.24) is 0 Å². The van der Waals surface area contributed by atoms with Crippen molar-refractivity contribution in [2.45, 2.75) is 52.4 Å². The average Bonchev–Trinajstić information content (AvgIpc) is 2.12. The van der Waals surface area contributed by atoms with Crippen LogP contribution < -0.4 is 10.2 Å². The van der Waals surface area contributed by atoms with E-state index in [2.05, 4.69) is 0 Å². The van der Waals surface area contributed by atoms with Gasteiger partial charge in [0.2, 0.25) is 0 Å². The van der Waals surface area contributed by atoms with Crippen LogP contribution in [-0.4, -0.2) is 22.9 Å². The van der Waals surface area contributed by atoms with Crippen LogP contribution >= 0.6 is 0 Å². The zero-order valence-corrected chi connectivity index (χ0v) is 13.5. The monoisotopic (exact) mass is 302 g/mol. The van der Waals surface area contributed by atoms with Gasteiger partial charge in [-0.2, -0.15) is 0 Å². The van der Waals surface area contributed by atoms with E-state index in [0.717, 1.165) is 25.7 Å². The van der Waals surface area contributed by atoms with Crippen LogP contribution in [0.3, 0.4) is 0 Å². The van der Waals surface area contributed by atoms with Crippen molar-refractivity contribution in [3.8, 4) is 0 Å². The summed E-state index contributed by atoms with van der Waals surface area (Å²) in [4.78, 5) is 19.3. The fourth-order valence-corrected chi connectivity index (χ4v) is 0.642. The topological polar surface area (TPSA) is 143 Å². The van der Waals surface area contributed by atoms with E-state index in [1.807, 2.05) is 13.8 Å². The molecule has 0 unspecified atom stereocenters. The molecule has 6 nitrogen and oxygen atoms in total. The zero-order chi connectivity index (χ0) is 11.4. The molecule has 17 heavy (non-hydrogen) atoms. The maximum Gasteiger partial charge on any atom is 2.00 e. The summed E-state index contributed by atoms with van der Waals surface area (Å²) in [6.45, 7) is 3.89. The van der Waals surface area contributed by atoms with E-state index in [-0.39, 0.29) is 43.3 Å². The van der Waals surface area contributed by atoms with Gasteiger partial charge in [-0.25, -0.2) is 0 Å². The summed E-state index contributed by atoms with van der Waals surface area (Å²) >= 11 is 0. The summed E-state index contributed by atoms with van der Waals surface area (Å²) in [5.41, 5.74) is 0. The van der Waals surface area contributed by atoms with Crippen molar-refractivity contribution in [3.05, 3.63) is 0 Å². The van der Waals surface area contributed by atoms with Gasteiger partial charge >= 0.3 is 19.5 Å². The molecule has 0 fully saturated rings. The fourth-order valence-electron chi connectivity index (χ4n) is 0.642. The first kappa shape index (κ1) is 30.0. The molecule has 0 aliphatic carbocycles. The number of carboxylic acid groups (broad SMARTS) is 2. The number of hydrogen-bond acceptors (Lipinski definition) is 4. The fraction of sp³-hybridized carbons (Fsp3) is 0.800. The summed E-state index contributed by atoms with van der Waals surface area (Å²) in [5.74, 6) is -1.89. The third-order valence-electron chi connectivity index (χ3n) is 1.47. The Kier molecular flexibility index (Phi) is 43.4. The number of carbonyl (C=O) groups excluding carboxylic acids is 2. The normalized spacial score (nSPS) is 7.18. The minimum absolute atomic E-state index is 0. The second-order valence-electron chi connectivity index (χ2n) is 2.95. The Morgan fingerprint density at radius 3 is 1.12 bits per heavy atom. The third-order valence-corrected chi connectivity index (χ3v) is 1.47. The van der Waals surface area contributed by atoms with Crippen LogP contribution in [0.2, 0.25) is 0 Å². The first-order valence-corrected chi connectivity index (χ1v) is 4.94. The van der Waals surface area contributed by atoms with E-state index in [1.165, 1.54) is 0 Å². The van der Waals surface area contributed by atoms with Gasteiger partial charge in [0.15, 0.2) is 0 Å². The Labute approximate surface area is 115 Å². The van der Waals surface area contributed by atoms with Gasteiger partial charge in [-0.15, -0.1) is 0 Å². The maximum atomic E-state index is 9.65. The molecule has 0 aromatic heterocycles. The molecule has 0 aromatic rings. The molecular weight excluding hydrogens is 281 g/mol. The molecule has 0 saturated carbocycles. The quantitative estimate of drug-likeness (QED) is 0.533. The van der Waals surface area contributed by atoms with Crippen LogP contribution in [-0.2, 0) is 29.1 Å². The first-order valence-electron chi connectivity index (χ1n) is 4.94. The summed E-state index contributed by atoms with van der Waals surface area (Å²) < 4.78 is 0. The molecule has 0 saturated heterocycles. The van der Waals surface area contributed by atoms with Gasteiger partial charge in [0.25, 0.3) is 0 Å². The predicted molar refractivity (Wildman–Crippen MR) is 56.3 cm³/mol. The molecule has 100 valence electrons. The smallest absolute Gasteiger partial charge is 0.550 e. The number of rotatable bonds is 6. The molecule has 0 amide bonds. The number of unbranched alkanes of at least 4 members (excludes halogenated alkanes) is 2. The van der Waals surface area contributed by atoms with Crippen LogP contribution in [0.4, 0.5) is 0 Å². The molecule has 0 heterocycles. The van der Waals surface area contributed by atoms with Crippen LogP contribution in [0, 0.1) is 0 Å². The Bertz CT molecular complexity index is 145. The minimum Gasteiger partial charge on any atom is -0.550 e. The predicted octanol–water partition coefficient (Wildman–Crippen LogP) is -1.80. The Balaban J connectivity index is -0.0000000480. The Morgan fingerprint density at radius 1 is 0.824 bits per heavy atom. The minimum atomic E-state index is -0.943. The van der Waals surface area contributed by atoms with Gasteiger partial charge in [-0.1, -0.05) is 26.7 Å².